The first-order valence-electron chi connectivity index (χ1n) is 6.33. The topological polar surface area (TPSA) is 68.1 Å². The van der Waals surface area contributed by atoms with Crippen LogP contribution < -0.4 is 5.73 Å². The Morgan fingerprint density at radius 2 is 1.75 bits per heavy atom. The van der Waals surface area contributed by atoms with Crippen molar-refractivity contribution in [3.05, 3.63) is 65.7 Å². The van der Waals surface area contributed by atoms with Gasteiger partial charge in [0.1, 0.15) is 18.0 Å². The van der Waals surface area contributed by atoms with Gasteiger partial charge in [-0.05, 0) is 11.6 Å². The number of H-pyrrole nitrogens is 1. The Morgan fingerprint density at radius 1 is 1.05 bits per heavy atom. The van der Waals surface area contributed by atoms with Crippen LogP contribution in [0.5, 0.6) is 0 Å². The van der Waals surface area contributed by atoms with Crippen LogP contribution in [0.15, 0.2) is 54.6 Å². The molecule has 0 aliphatic carbocycles. The van der Waals surface area contributed by atoms with Crippen molar-refractivity contribution in [2.75, 3.05) is 5.73 Å². The Hall–Kier alpha value is -2.75. The van der Waals surface area contributed by atoms with Crippen molar-refractivity contribution in [2.24, 2.45) is 0 Å². The molecular formula is C16H14N2O2. The molecule has 0 aliphatic heterocycles. The average Bonchev–Trinajstić information content (AvgIpc) is 2.82. The number of nitrogens with one attached hydrogen (secondary N) is 1. The number of rotatable bonds is 3. The summed E-state index contributed by atoms with van der Waals surface area (Å²) in [6, 6.07) is 17.0. The molecule has 3 N–H and O–H groups in total. The number of hydrogen-bond donors (Lipinski definition) is 2. The number of anilines is 1. The second kappa shape index (κ2) is 5.09. The molecule has 0 amide bonds. The molecule has 0 aliphatic rings. The Bertz CT molecular complexity index is 748. The lowest BCUT2D eigenvalue weighted by Crippen LogP contribution is -2.07. The highest BCUT2D eigenvalue weighted by molar-refractivity contribution is 6.08. The number of aromatic nitrogens is 1. The predicted molar refractivity (Wildman–Crippen MR) is 78.3 cm³/mol. The average molecular weight is 266 g/mol. The summed E-state index contributed by atoms with van der Waals surface area (Å²) in [6.07, 6.45) is 0. The summed E-state index contributed by atoms with van der Waals surface area (Å²) >= 11 is 0. The van der Waals surface area contributed by atoms with Crippen molar-refractivity contribution in [3.8, 4) is 0 Å². The van der Waals surface area contributed by atoms with Crippen molar-refractivity contribution in [3.63, 3.8) is 0 Å². The molecule has 1 aromatic heterocycles. The maximum Gasteiger partial charge on any atom is 0.342 e. The van der Waals surface area contributed by atoms with Gasteiger partial charge in [-0.25, -0.2) is 4.79 Å². The quantitative estimate of drug-likeness (QED) is 0.716. The normalized spacial score (nSPS) is 10.6. The van der Waals surface area contributed by atoms with Crippen LogP contribution in [0.3, 0.4) is 0 Å². The van der Waals surface area contributed by atoms with Gasteiger partial charge in [0.15, 0.2) is 0 Å². The van der Waals surface area contributed by atoms with E-state index in [2.05, 4.69) is 4.98 Å². The van der Waals surface area contributed by atoms with E-state index < -0.39 is 5.97 Å². The smallest absolute Gasteiger partial charge is 0.342 e. The van der Waals surface area contributed by atoms with Crippen LogP contribution in [-0.4, -0.2) is 11.0 Å². The maximum atomic E-state index is 12.2. The van der Waals surface area contributed by atoms with E-state index >= 15 is 0 Å². The van der Waals surface area contributed by atoms with E-state index in [0.717, 1.165) is 16.5 Å². The lowest BCUT2D eigenvalue weighted by molar-refractivity contribution is 0.0476. The highest BCUT2D eigenvalue weighted by Gasteiger charge is 2.17. The van der Waals surface area contributed by atoms with Crippen molar-refractivity contribution in [1.82, 2.24) is 4.98 Å². The molecule has 0 saturated heterocycles. The zero-order chi connectivity index (χ0) is 13.9. The number of esters is 1. The zero-order valence-electron chi connectivity index (χ0n) is 10.8. The second-order valence-electron chi connectivity index (χ2n) is 4.52. The molecule has 100 valence electrons. The van der Waals surface area contributed by atoms with Gasteiger partial charge in [0.05, 0.1) is 0 Å². The van der Waals surface area contributed by atoms with Gasteiger partial charge in [-0.15, -0.1) is 0 Å². The SMILES string of the molecule is Nc1[nH]c2ccccc2c1C(=O)OCc1ccccc1. The first-order chi connectivity index (χ1) is 9.75. The van der Waals surface area contributed by atoms with Gasteiger partial charge in [0.25, 0.3) is 0 Å². The molecule has 2 aromatic carbocycles. The van der Waals surface area contributed by atoms with Gasteiger partial charge in [-0.2, -0.15) is 0 Å². The Kier molecular flexibility index (Phi) is 3.13. The molecule has 4 heteroatoms. The summed E-state index contributed by atoms with van der Waals surface area (Å²) in [5, 5.41) is 0.781. The first kappa shape index (κ1) is 12.3. The van der Waals surface area contributed by atoms with E-state index in [1.165, 1.54) is 0 Å². The van der Waals surface area contributed by atoms with Crippen LogP contribution >= 0.6 is 0 Å². The fraction of sp³-hybridized carbons (Fsp3) is 0.0625. The van der Waals surface area contributed by atoms with Crippen molar-refractivity contribution < 1.29 is 9.53 Å². The van der Waals surface area contributed by atoms with Gasteiger partial charge in [-0.3, -0.25) is 0 Å². The van der Waals surface area contributed by atoms with Gasteiger partial charge < -0.3 is 15.5 Å². The minimum Gasteiger partial charge on any atom is -0.457 e. The summed E-state index contributed by atoms with van der Waals surface area (Å²) in [5.41, 5.74) is 8.04. The summed E-state index contributed by atoms with van der Waals surface area (Å²) in [7, 11) is 0. The number of nitrogens with two attached hydrogens (primary N) is 1. The molecule has 20 heavy (non-hydrogen) atoms. The molecule has 3 rings (SSSR count). The highest BCUT2D eigenvalue weighted by atomic mass is 16.5. The molecule has 0 fully saturated rings. The fourth-order valence-electron chi connectivity index (χ4n) is 2.18. The number of carbonyl (C=O) groups excluding carboxylic acids is 1. The third-order valence-electron chi connectivity index (χ3n) is 3.15. The van der Waals surface area contributed by atoms with Crippen molar-refractivity contribution in [1.29, 1.82) is 0 Å². The number of para-hydroxylation sites is 1. The number of benzene rings is 2. The summed E-state index contributed by atoms with van der Waals surface area (Å²) < 4.78 is 5.32. The molecule has 1 heterocycles. The minimum absolute atomic E-state index is 0.235. The first-order valence-corrected chi connectivity index (χ1v) is 6.33. The minimum atomic E-state index is -0.413. The number of carbonyl (C=O) groups is 1. The van der Waals surface area contributed by atoms with Gasteiger partial charge >= 0.3 is 5.97 Å². The fourth-order valence-corrected chi connectivity index (χ4v) is 2.18. The van der Waals surface area contributed by atoms with E-state index in [1.807, 2.05) is 54.6 Å². The van der Waals surface area contributed by atoms with Crippen LogP contribution in [0.25, 0.3) is 10.9 Å². The van der Waals surface area contributed by atoms with Crippen LogP contribution in [0.2, 0.25) is 0 Å². The second-order valence-corrected chi connectivity index (χ2v) is 4.52. The van der Waals surface area contributed by atoms with E-state index in [0.29, 0.717) is 11.4 Å². The molecule has 0 saturated carbocycles. The summed E-state index contributed by atoms with van der Waals surface area (Å²) in [5.74, 6) is -0.0759. The number of ether oxygens (including phenoxy) is 1. The van der Waals surface area contributed by atoms with Crippen molar-refractivity contribution >= 4 is 22.7 Å². The number of nitrogen functional groups attached to an aromatic ring is 1. The van der Waals surface area contributed by atoms with E-state index in [1.54, 1.807) is 0 Å². The Balaban J connectivity index is 1.84. The maximum absolute atomic E-state index is 12.2. The molecule has 0 bridgehead atoms. The Morgan fingerprint density at radius 3 is 2.55 bits per heavy atom. The largest absolute Gasteiger partial charge is 0.457 e. The molecule has 3 aromatic rings. The summed E-state index contributed by atoms with van der Waals surface area (Å²) in [4.78, 5) is 15.2. The molecule has 4 nitrogen and oxygen atoms in total. The molecule has 0 unspecified atom stereocenters. The van der Waals surface area contributed by atoms with Gasteiger partial charge in [-0.1, -0.05) is 48.5 Å². The monoisotopic (exact) mass is 266 g/mol. The van der Waals surface area contributed by atoms with E-state index in [-0.39, 0.29) is 6.61 Å². The third-order valence-corrected chi connectivity index (χ3v) is 3.15. The zero-order valence-corrected chi connectivity index (χ0v) is 10.8. The molecule has 0 atom stereocenters. The highest BCUT2D eigenvalue weighted by Crippen LogP contribution is 2.25. The Labute approximate surface area is 116 Å². The van der Waals surface area contributed by atoms with E-state index in [4.69, 9.17) is 10.5 Å². The number of aromatic amines is 1. The molecule has 0 radical (unpaired) electrons. The summed E-state index contributed by atoms with van der Waals surface area (Å²) in [6.45, 7) is 0.235. The van der Waals surface area contributed by atoms with Gasteiger partial charge in [0.2, 0.25) is 0 Å². The third kappa shape index (κ3) is 2.23. The lowest BCUT2D eigenvalue weighted by Gasteiger charge is -2.04. The van der Waals surface area contributed by atoms with Crippen LogP contribution in [0.4, 0.5) is 5.82 Å². The van der Waals surface area contributed by atoms with Crippen LogP contribution in [-0.2, 0) is 11.3 Å². The standard InChI is InChI=1S/C16H14N2O2/c17-15-14(12-8-4-5-9-13(12)18-15)16(19)20-10-11-6-2-1-3-7-11/h1-9,18H,10,17H2. The van der Waals surface area contributed by atoms with E-state index in [9.17, 15) is 4.79 Å². The number of hydrogen-bond acceptors (Lipinski definition) is 3. The van der Waals surface area contributed by atoms with Crippen LogP contribution in [0.1, 0.15) is 15.9 Å². The number of fused-ring (bicyclic) bond motifs is 1. The van der Waals surface area contributed by atoms with Gasteiger partial charge in [0, 0.05) is 10.9 Å². The predicted octanol–water partition coefficient (Wildman–Crippen LogP) is 3.11. The van der Waals surface area contributed by atoms with Crippen molar-refractivity contribution in [2.45, 2.75) is 6.61 Å². The molecular weight excluding hydrogens is 252 g/mol. The lowest BCUT2D eigenvalue weighted by atomic mass is 10.1. The molecule has 0 spiro atoms. The van der Waals surface area contributed by atoms with Crippen LogP contribution in [0, 0.1) is 0 Å².